The lowest BCUT2D eigenvalue weighted by Gasteiger charge is -2.63. The van der Waals surface area contributed by atoms with Crippen LogP contribution in [0.1, 0.15) is 88.9 Å². The molecule has 0 saturated heterocycles. The number of esters is 1. The highest BCUT2D eigenvalue weighted by Crippen LogP contribution is 2.68. The van der Waals surface area contributed by atoms with Crippen molar-refractivity contribution in [3.63, 3.8) is 0 Å². The number of fused-ring (bicyclic) bond motifs is 5. The van der Waals surface area contributed by atoms with E-state index >= 15 is 0 Å². The Morgan fingerprint density at radius 3 is 2.44 bits per heavy atom. The van der Waals surface area contributed by atoms with E-state index in [1.165, 1.54) is 7.11 Å². The fraction of sp³-hybridized carbons (Fsp3) is 0.750. The van der Waals surface area contributed by atoms with Gasteiger partial charge in [0.15, 0.2) is 0 Å². The second-order valence-corrected chi connectivity index (χ2v) is 13.7. The normalized spacial score (nSPS) is 42.0. The molecule has 11 atom stereocenters. The summed E-state index contributed by atoms with van der Waals surface area (Å²) < 4.78 is 4.72. The molecule has 4 fully saturated rings. The highest BCUT2D eigenvalue weighted by molar-refractivity contribution is 5.93. The van der Waals surface area contributed by atoms with Gasteiger partial charge in [0.2, 0.25) is 5.91 Å². The number of anilines is 1. The van der Waals surface area contributed by atoms with E-state index in [9.17, 15) is 24.9 Å². The minimum Gasteiger partial charge on any atom is -0.465 e. The molecule has 0 radical (unpaired) electrons. The van der Waals surface area contributed by atoms with Crippen LogP contribution in [0.15, 0.2) is 24.3 Å². The summed E-state index contributed by atoms with van der Waals surface area (Å²) in [6.45, 7) is 6.83. The first kappa shape index (κ1) is 28.6. The van der Waals surface area contributed by atoms with Gasteiger partial charge in [-0.3, -0.25) is 4.79 Å². The Balaban J connectivity index is 1.23. The SMILES string of the molecule is COC(=O)c1ccc(NC(=O)CCC(C)C2CCC3C4C(O)CC5CC(O)CCC5(C)C4CC(O)C23C)cc1. The molecule has 7 heteroatoms. The summed E-state index contributed by atoms with van der Waals surface area (Å²) in [7, 11) is 1.34. The number of hydrogen-bond acceptors (Lipinski definition) is 6. The average Bonchev–Trinajstić information content (AvgIpc) is 3.27. The second-order valence-electron chi connectivity index (χ2n) is 13.7. The molecule has 1 aromatic carbocycles. The molecule has 5 rings (SSSR count). The van der Waals surface area contributed by atoms with Gasteiger partial charge in [-0.1, -0.05) is 20.8 Å². The maximum Gasteiger partial charge on any atom is 0.337 e. The van der Waals surface area contributed by atoms with Crippen LogP contribution in [0.3, 0.4) is 0 Å². The maximum absolute atomic E-state index is 12.8. The third kappa shape index (κ3) is 4.93. The lowest BCUT2D eigenvalue weighted by atomic mass is 9.43. The van der Waals surface area contributed by atoms with Crippen LogP contribution < -0.4 is 5.32 Å². The summed E-state index contributed by atoms with van der Waals surface area (Å²) in [5.41, 5.74) is 0.895. The molecular weight excluding hydrogens is 494 g/mol. The minimum absolute atomic E-state index is 0.0576. The van der Waals surface area contributed by atoms with Crippen LogP contribution in [0.5, 0.6) is 0 Å². The fourth-order valence-electron chi connectivity index (χ4n) is 9.72. The fourth-order valence-corrected chi connectivity index (χ4v) is 9.72. The quantitative estimate of drug-likeness (QED) is 0.385. The smallest absolute Gasteiger partial charge is 0.337 e. The van der Waals surface area contributed by atoms with Crippen molar-refractivity contribution >= 4 is 17.6 Å². The molecule has 0 aromatic heterocycles. The van der Waals surface area contributed by atoms with Crippen molar-refractivity contribution in [1.29, 1.82) is 0 Å². The Hall–Kier alpha value is -1.96. The molecule has 1 amide bonds. The second kappa shape index (κ2) is 10.8. The van der Waals surface area contributed by atoms with Gasteiger partial charge in [-0.15, -0.1) is 0 Å². The number of carbonyl (C=O) groups is 2. The Kier molecular flexibility index (Phi) is 7.90. The number of nitrogens with one attached hydrogen (secondary N) is 1. The largest absolute Gasteiger partial charge is 0.465 e. The molecular formula is C32H47NO6. The van der Waals surface area contributed by atoms with Gasteiger partial charge in [-0.05, 0) is 122 Å². The minimum atomic E-state index is -0.421. The zero-order chi connectivity index (χ0) is 28.1. The van der Waals surface area contributed by atoms with Crippen LogP contribution in [-0.2, 0) is 9.53 Å². The third-order valence-corrected chi connectivity index (χ3v) is 11.9. The monoisotopic (exact) mass is 541 g/mol. The molecule has 0 bridgehead atoms. The van der Waals surface area contributed by atoms with E-state index in [1.54, 1.807) is 24.3 Å². The summed E-state index contributed by atoms with van der Waals surface area (Å²) >= 11 is 0. The molecule has 4 saturated carbocycles. The maximum atomic E-state index is 12.8. The Morgan fingerprint density at radius 1 is 1.03 bits per heavy atom. The van der Waals surface area contributed by atoms with Crippen LogP contribution in [0, 0.1) is 46.3 Å². The Bertz CT molecular complexity index is 1060. The van der Waals surface area contributed by atoms with Gasteiger partial charge < -0.3 is 25.4 Å². The zero-order valence-corrected chi connectivity index (χ0v) is 23.9. The molecule has 4 N–H and O–H groups in total. The average molecular weight is 542 g/mol. The van der Waals surface area contributed by atoms with Crippen LogP contribution >= 0.6 is 0 Å². The van der Waals surface area contributed by atoms with Crippen molar-refractivity contribution in [1.82, 2.24) is 0 Å². The van der Waals surface area contributed by atoms with E-state index < -0.39 is 12.1 Å². The van der Waals surface area contributed by atoms with Crippen LogP contribution in [0.4, 0.5) is 5.69 Å². The number of amides is 1. The third-order valence-electron chi connectivity index (χ3n) is 11.9. The number of benzene rings is 1. The molecule has 0 spiro atoms. The van der Waals surface area contributed by atoms with Crippen molar-refractivity contribution < 1.29 is 29.6 Å². The molecule has 0 heterocycles. The number of ether oxygens (including phenoxy) is 1. The van der Waals surface area contributed by atoms with E-state index in [-0.39, 0.29) is 52.6 Å². The standard InChI is InChI=1S/C32H47NO6/c1-18(5-12-28(37)33-21-8-6-19(7-9-21)30(38)39-4)23-10-11-24-29-25(17-27(36)32(23,24)3)31(2)14-13-22(34)15-20(31)16-26(29)35/h6-9,18,20,22-27,29,34-36H,5,10-17H2,1-4H3,(H,33,37). The molecule has 216 valence electrons. The number of aliphatic hydroxyl groups excluding tert-OH is 3. The van der Waals surface area contributed by atoms with Gasteiger partial charge in [-0.25, -0.2) is 4.79 Å². The number of aliphatic hydroxyl groups is 3. The number of hydrogen-bond donors (Lipinski definition) is 4. The van der Waals surface area contributed by atoms with E-state index in [2.05, 4.69) is 26.1 Å². The molecule has 7 nitrogen and oxygen atoms in total. The summed E-state index contributed by atoms with van der Waals surface area (Å²) in [5.74, 6) is 1.19. The van der Waals surface area contributed by atoms with Crippen LogP contribution in [-0.4, -0.2) is 52.6 Å². The van der Waals surface area contributed by atoms with E-state index in [1.807, 2.05) is 0 Å². The van der Waals surface area contributed by atoms with Gasteiger partial charge in [0, 0.05) is 12.1 Å². The molecule has 0 aliphatic heterocycles. The summed E-state index contributed by atoms with van der Waals surface area (Å²) in [6, 6.07) is 6.69. The van der Waals surface area contributed by atoms with Crippen molar-refractivity contribution in [2.75, 3.05) is 12.4 Å². The number of methoxy groups -OCH3 is 1. The van der Waals surface area contributed by atoms with Gasteiger partial charge in [0.05, 0.1) is 31.0 Å². The first-order chi connectivity index (χ1) is 18.5. The van der Waals surface area contributed by atoms with Gasteiger partial charge in [-0.2, -0.15) is 0 Å². The lowest BCUT2D eigenvalue weighted by molar-refractivity contribution is -0.207. The predicted molar refractivity (Wildman–Crippen MR) is 149 cm³/mol. The summed E-state index contributed by atoms with van der Waals surface area (Å²) in [6.07, 6.45) is 6.16. The Labute approximate surface area is 232 Å². The Morgan fingerprint density at radius 2 is 1.74 bits per heavy atom. The van der Waals surface area contributed by atoms with Crippen molar-refractivity contribution in [2.45, 2.75) is 96.9 Å². The van der Waals surface area contributed by atoms with E-state index in [4.69, 9.17) is 4.74 Å². The first-order valence-corrected chi connectivity index (χ1v) is 15.0. The van der Waals surface area contributed by atoms with Gasteiger partial charge in [0.25, 0.3) is 0 Å². The topological polar surface area (TPSA) is 116 Å². The summed E-state index contributed by atoms with van der Waals surface area (Å²) in [5, 5.41) is 36.5. The zero-order valence-electron chi connectivity index (χ0n) is 23.9. The van der Waals surface area contributed by atoms with Gasteiger partial charge >= 0.3 is 5.97 Å². The molecule has 4 aliphatic rings. The van der Waals surface area contributed by atoms with Crippen molar-refractivity contribution in [2.24, 2.45) is 46.3 Å². The van der Waals surface area contributed by atoms with Crippen molar-refractivity contribution in [3.05, 3.63) is 29.8 Å². The first-order valence-electron chi connectivity index (χ1n) is 15.0. The lowest BCUT2D eigenvalue weighted by Crippen LogP contribution is -2.62. The molecule has 4 aliphatic carbocycles. The number of carbonyl (C=O) groups excluding carboxylic acids is 2. The molecule has 11 unspecified atom stereocenters. The molecule has 1 aromatic rings. The summed E-state index contributed by atoms with van der Waals surface area (Å²) in [4.78, 5) is 24.4. The van der Waals surface area contributed by atoms with E-state index in [0.717, 1.165) is 51.4 Å². The van der Waals surface area contributed by atoms with Crippen molar-refractivity contribution in [3.8, 4) is 0 Å². The molecule has 39 heavy (non-hydrogen) atoms. The predicted octanol–water partition coefficient (Wildman–Crippen LogP) is 4.79. The highest BCUT2D eigenvalue weighted by atomic mass is 16.5. The highest BCUT2D eigenvalue weighted by Gasteiger charge is 2.65. The van der Waals surface area contributed by atoms with Crippen LogP contribution in [0.2, 0.25) is 0 Å². The van der Waals surface area contributed by atoms with Gasteiger partial charge in [0.1, 0.15) is 0 Å². The van der Waals surface area contributed by atoms with E-state index in [0.29, 0.717) is 29.5 Å². The number of rotatable bonds is 6. The van der Waals surface area contributed by atoms with Crippen LogP contribution in [0.25, 0.3) is 0 Å².